The maximum Gasteiger partial charge on any atom is 0.0947 e. The minimum atomic E-state index is 0.165. The second-order valence-electron chi connectivity index (χ2n) is 4.85. The first-order valence-electron chi connectivity index (χ1n) is 5.28. The Bertz CT molecular complexity index is 262. The van der Waals surface area contributed by atoms with E-state index in [0.717, 1.165) is 13.1 Å². The maximum atomic E-state index is 5.45. The van der Waals surface area contributed by atoms with Crippen molar-refractivity contribution >= 4 is 0 Å². The maximum absolute atomic E-state index is 5.45. The van der Waals surface area contributed by atoms with Gasteiger partial charge in [-0.3, -0.25) is 0 Å². The molecule has 1 atom stereocenters. The minimum Gasteiger partial charge on any atom is -0.472 e. The molecule has 0 radical (unpaired) electrons. The molecule has 0 aromatic carbocycles. The zero-order valence-electron chi connectivity index (χ0n) is 10.0. The van der Waals surface area contributed by atoms with Gasteiger partial charge in [0.2, 0.25) is 0 Å². The average Bonchev–Trinajstić information content (AvgIpc) is 2.62. The van der Waals surface area contributed by atoms with Crippen LogP contribution in [-0.2, 0) is 11.3 Å². The summed E-state index contributed by atoms with van der Waals surface area (Å²) in [5, 5.41) is 3.36. The average molecular weight is 211 g/mol. The first kappa shape index (κ1) is 12.3. The quantitative estimate of drug-likeness (QED) is 0.812. The van der Waals surface area contributed by atoms with Crippen molar-refractivity contribution in [1.82, 2.24) is 5.32 Å². The van der Waals surface area contributed by atoms with Gasteiger partial charge in [-0.05, 0) is 11.5 Å². The van der Waals surface area contributed by atoms with Crippen molar-refractivity contribution in [3.63, 3.8) is 0 Å². The number of rotatable bonds is 5. The Kier molecular flexibility index (Phi) is 4.36. The van der Waals surface area contributed by atoms with Crippen molar-refractivity contribution in [3.05, 3.63) is 24.2 Å². The van der Waals surface area contributed by atoms with E-state index in [2.05, 4.69) is 26.1 Å². The summed E-state index contributed by atoms with van der Waals surface area (Å²) in [5.74, 6) is 0. The van der Waals surface area contributed by atoms with Crippen LogP contribution < -0.4 is 5.32 Å². The molecular weight excluding hydrogens is 190 g/mol. The van der Waals surface area contributed by atoms with Crippen LogP contribution in [0.5, 0.6) is 0 Å². The molecule has 1 rings (SSSR count). The number of ether oxygens (including phenoxy) is 1. The summed E-state index contributed by atoms with van der Waals surface area (Å²) in [5.41, 5.74) is 1.33. The second-order valence-corrected chi connectivity index (χ2v) is 4.85. The highest BCUT2D eigenvalue weighted by Gasteiger charge is 2.23. The van der Waals surface area contributed by atoms with Crippen LogP contribution in [0.15, 0.2) is 23.0 Å². The van der Waals surface area contributed by atoms with Gasteiger partial charge in [0.1, 0.15) is 0 Å². The van der Waals surface area contributed by atoms with Crippen LogP contribution in [0.3, 0.4) is 0 Å². The molecule has 0 spiro atoms. The van der Waals surface area contributed by atoms with E-state index in [4.69, 9.17) is 9.15 Å². The van der Waals surface area contributed by atoms with Gasteiger partial charge in [0.25, 0.3) is 0 Å². The van der Waals surface area contributed by atoms with Gasteiger partial charge in [0.15, 0.2) is 0 Å². The molecule has 86 valence electrons. The van der Waals surface area contributed by atoms with E-state index >= 15 is 0 Å². The zero-order valence-corrected chi connectivity index (χ0v) is 10.0. The van der Waals surface area contributed by atoms with Crippen LogP contribution >= 0.6 is 0 Å². The Morgan fingerprint density at radius 1 is 1.47 bits per heavy atom. The monoisotopic (exact) mass is 211 g/mol. The molecule has 0 amide bonds. The Morgan fingerprint density at radius 3 is 2.67 bits per heavy atom. The van der Waals surface area contributed by atoms with Crippen LogP contribution in [-0.4, -0.2) is 19.8 Å². The molecule has 0 aliphatic carbocycles. The lowest BCUT2D eigenvalue weighted by Crippen LogP contribution is -2.37. The summed E-state index contributed by atoms with van der Waals surface area (Å²) in [4.78, 5) is 0. The van der Waals surface area contributed by atoms with Gasteiger partial charge in [-0.25, -0.2) is 0 Å². The molecule has 3 heteroatoms. The zero-order chi connectivity index (χ0) is 11.3. The number of nitrogens with one attached hydrogen (secondary N) is 1. The van der Waals surface area contributed by atoms with E-state index in [0.29, 0.717) is 0 Å². The predicted molar refractivity (Wildman–Crippen MR) is 60.7 cm³/mol. The fourth-order valence-corrected chi connectivity index (χ4v) is 1.48. The lowest BCUT2D eigenvalue weighted by atomic mass is 9.89. The molecule has 0 aliphatic heterocycles. The number of hydrogen-bond donors (Lipinski definition) is 1. The summed E-state index contributed by atoms with van der Waals surface area (Å²) in [6, 6.07) is 1.96. The van der Waals surface area contributed by atoms with Gasteiger partial charge >= 0.3 is 0 Å². The van der Waals surface area contributed by atoms with Gasteiger partial charge in [-0.1, -0.05) is 20.8 Å². The molecule has 1 heterocycles. The highest BCUT2D eigenvalue weighted by Crippen LogP contribution is 2.20. The molecule has 0 aliphatic rings. The highest BCUT2D eigenvalue weighted by atomic mass is 16.5. The van der Waals surface area contributed by atoms with E-state index in [1.54, 1.807) is 19.6 Å². The normalized spacial score (nSPS) is 14.1. The van der Waals surface area contributed by atoms with E-state index in [9.17, 15) is 0 Å². The van der Waals surface area contributed by atoms with E-state index < -0.39 is 0 Å². The third-order valence-electron chi connectivity index (χ3n) is 2.49. The third kappa shape index (κ3) is 4.06. The smallest absolute Gasteiger partial charge is 0.0947 e. The molecule has 0 fully saturated rings. The lowest BCUT2D eigenvalue weighted by molar-refractivity contribution is 0.0173. The molecule has 1 aromatic heterocycles. The van der Waals surface area contributed by atoms with Crippen molar-refractivity contribution in [1.29, 1.82) is 0 Å². The molecule has 0 bridgehead atoms. The highest BCUT2D eigenvalue weighted by molar-refractivity contribution is 5.04. The van der Waals surface area contributed by atoms with Gasteiger partial charge in [0, 0.05) is 25.8 Å². The van der Waals surface area contributed by atoms with Gasteiger partial charge in [-0.2, -0.15) is 0 Å². The van der Waals surface area contributed by atoms with Crippen molar-refractivity contribution < 1.29 is 9.15 Å². The molecule has 1 aromatic rings. The molecule has 1 unspecified atom stereocenters. The van der Waals surface area contributed by atoms with Crippen molar-refractivity contribution in [2.24, 2.45) is 5.41 Å². The number of methoxy groups -OCH3 is 1. The van der Waals surface area contributed by atoms with E-state index in [1.165, 1.54) is 5.56 Å². The van der Waals surface area contributed by atoms with Crippen LogP contribution in [0.1, 0.15) is 26.3 Å². The summed E-state index contributed by atoms with van der Waals surface area (Å²) >= 11 is 0. The largest absolute Gasteiger partial charge is 0.472 e. The predicted octanol–water partition coefficient (Wildman–Crippen LogP) is 2.43. The number of furan rings is 1. The fourth-order valence-electron chi connectivity index (χ4n) is 1.48. The lowest BCUT2D eigenvalue weighted by Gasteiger charge is -2.29. The van der Waals surface area contributed by atoms with Crippen LogP contribution in [0.25, 0.3) is 0 Å². The van der Waals surface area contributed by atoms with Crippen LogP contribution in [0, 0.1) is 5.41 Å². The standard InChI is InChI=1S/C12H21NO2/c1-12(2,3)11(14-4)8-13-7-10-5-6-15-9-10/h5-6,9,11,13H,7-8H2,1-4H3. The topological polar surface area (TPSA) is 34.4 Å². The van der Waals surface area contributed by atoms with Crippen molar-refractivity contribution in [2.75, 3.05) is 13.7 Å². The first-order valence-corrected chi connectivity index (χ1v) is 5.28. The number of hydrogen-bond acceptors (Lipinski definition) is 3. The molecule has 15 heavy (non-hydrogen) atoms. The van der Waals surface area contributed by atoms with Crippen molar-refractivity contribution in [2.45, 2.75) is 33.4 Å². The Morgan fingerprint density at radius 2 is 2.20 bits per heavy atom. The summed E-state index contributed by atoms with van der Waals surface area (Å²) < 4.78 is 10.4. The first-order chi connectivity index (χ1) is 7.04. The third-order valence-corrected chi connectivity index (χ3v) is 2.49. The van der Waals surface area contributed by atoms with Gasteiger partial charge in [-0.15, -0.1) is 0 Å². The molecule has 0 saturated carbocycles. The van der Waals surface area contributed by atoms with Gasteiger partial charge < -0.3 is 14.5 Å². The summed E-state index contributed by atoms with van der Waals surface area (Å²) in [6.07, 6.45) is 3.67. The Labute approximate surface area is 91.8 Å². The fraction of sp³-hybridized carbons (Fsp3) is 0.667. The summed E-state index contributed by atoms with van der Waals surface area (Å²) in [6.45, 7) is 8.22. The van der Waals surface area contributed by atoms with E-state index in [1.807, 2.05) is 6.07 Å². The van der Waals surface area contributed by atoms with E-state index in [-0.39, 0.29) is 11.5 Å². The Balaban J connectivity index is 2.29. The molecular formula is C12H21NO2. The Hall–Kier alpha value is -0.800. The second kappa shape index (κ2) is 5.33. The van der Waals surface area contributed by atoms with Crippen LogP contribution in [0.2, 0.25) is 0 Å². The SMILES string of the molecule is COC(CNCc1ccoc1)C(C)(C)C. The molecule has 0 saturated heterocycles. The minimum absolute atomic E-state index is 0.165. The molecule has 3 nitrogen and oxygen atoms in total. The van der Waals surface area contributed by atoms with Gasteiger partial charge in [0.05, 0.1) is 18.6 Å². The summed E-state index contributed by atoms with van der Waals surface area (Å²) in [7, 11) is 1.76. The molecule has 1 N–H and O–H groups in total. The van der Waals surface area contributed by atoms with Crippen molar-refractivity contribution in [3.8, 4) is 0 Å². The van der Waals surface area contributed by atoms with Crippen LogP contribution in [0.4, 0.5) is 0 Å².